The van der Waals surface area contributed by atoms with Crippen LogP contribution in [0.15, 0.2) is 30.3 Å². The molecule has 0 aromatic heterocycles. The number of carboxylic acid groups (broad SMARTS) is 1. The lowest BCUT2D eigenvalue weighted by Gasteiger charge is -2.36. The van der Waals surface area contributed by atoms with Crippen LogP contribution < -0.4 is 0 Å². The van der Waals surface area contributed by atoms with Gasteiger partial charge in [0.2, 0.25) is 5.91 Å². The molecule has 9 nitrogen and oxygen atoms in total. The second-order valence-corrected chi connectivity index (χ2v) is 10.7. The summed E-state index contributed by atoms with van der Waals surface area (Å²) < 4.78 is 30.2. The van der Waals surface area contributed by atoms with Gasteiger partial charge in [-0.2, -0.15) is 0 Å². The molecule has 1 N–H and O–H groups in total. The van der Waals surface area contributed by atoms with Crippen molar-refractivity contribution in [2.24, 2.45) is 5.92 Å². The van der Waals surface area contributed by atoms with Crippen molar-refractivity contribution in [3.63, 3.8) is 0 Å². The number of nitrogens with zero attached hydrogens (tertiary/aromatic N) is 2. The second kappa shape index (κ2) is 10.1. The van der Waals surface area contributed by atoms with E-state index in [0.717, 1.165) is 0 Å². The van der Waals surface area contributed by atoms with Gasteiger partial charge in [-0.3, -0.25) is 9.59 Å². The number of amides is 2. The molecule has 0 unspecified atom stereocenters. The van der Waals surface area contributed by atoms with E-state index in [1.807, 2.05) is 0 Å². The Morgan fingerprint density at radius 1 is 1.03 bits per heavy atom. The van der Waals surface area contributed by atoms with E-state index in [1.165, 1.54) is 9.80 Å². The molecule has 0 bridgehead atoms. The predicted octanol–water partition coefficient (Wildman–Crippen LogP) is 1.77. The zero-order valence-corrected chi connectivity index (χ0v) is 18.9. The fraction of sp³-hybridized carbons (Fsp3) is 0.571. The van der Waals surface area contributed by atoms with Gasteiger partial charge in [-0.15, -0.1) is 0 Å². The Balaban J connectivity index is 1.91. The molecule has 1 aliphatic heterocycles. The van der Waals surface area contributed by atoms with Gasteiger partial charge in [0.1, 0.15) is 5.60 Å². The molecule has 10 heteroatoms. The average Bonchev–Trinajstić information content (AvgIpc) is 2.66. The molecule has 1 aromatic carbocycles. The van der Waals surface area contributed by atoms with Gasteiger partial charge in [0.15, 0.2) is 9.84 Å². The van der Waals surface area contributed by atoms with Crippen LogP contribution in [0.4, 0.5) is 4.79 Å². The molecular weight excluding hydrogens is 424 g/mol. The van der Waals surface area contributed by atoms with Gasteiger partial charge in [-0.1, -0.05) is 30.3 Å². The summed E-state index contributed by atoms with van der Waals surface area (Å²) in [5, 5.41) is 9.47. The number of ether oxygens (including phenoxy) is 1. The van der Waals surface area contributed by atoms with E-state index in [4.69, 9.17) is 4.74 Å². The van der Waals surface area contributed by atoms with Crippen LogP contribution in [0.5, 0.6) is 0 Å². The first-order valence-corrected chi connectivity index (χ1v) is 11.9. The van der Waals surface area contributed by atoms with Crippen LogP contribution in [0.3, 0.4) is 0 Å². The Morgan fingerprint density at radius 3 is 2.10 bits per heavy atom. The van der Waals surface area contributed by atoms with Crippen LogP contribution in [0, 0.1) is 5.92 Å². The SMILES string of the molecule is CC(C)(C)OC(=O)N1CCN(C(=O)C[C@@H](CS(=O)(=O)Cc2ccccc2)C(=O)O)CC1. The van der Waals surface area contributed by atoms with Gasteiger partial charge in [0.05, 0.1) is 17.4 Å². The summed E-state index contributed by atoms with van der Waals surface area (Å²) in [5.41, 5.74) is -0.0551. The molecule has 1 aliphatic rings. The lowest BCUT2D eigenvalue weighted by molar-refractivity contribution is -0.145. The Bertz CT molecular complexity index is 886. The Kier molecular flexibility index (Phi) is 8.05. The molecule has 1 fully saturated rings. The van der Waals surface area contributed by atoms with E-state index in [-0.39, 0.29) is 31.9 Å². The van der Waals surface area contributed by atoms with Crippen molar-refractivity contribution in [3.05, 3.63) is 35.9 Å². The maximum absolute atomic E-state index is 12.6. The molecule has 0 aliphatic carbocycles. The van der Waals surface area contributed by atoms with Crippen molar-refractivity contribution in [2.45, 2.75) is 38.5 Å². The normalized spacial score (nSPS) is 16.0. The molecule has 0 spiro atoms. The smallest absolute Gasteiger partial charge is 0.410 e. The third-order valence-corrected chi connectivity index (χ3v) is 6.42. The summed E-state index contributed by atoms with van der Waals surface area (Å²) in [6.07, 6.45) is -0.870. The summed E-state index contributed by atoms with van der Waals surface area (Å²) in [5.74, 6) is -3.98. The standard InChI is InChI=1S/C21H30N2O7S/c1-21(2,3)30-20(27)23-11-9-22(10-12-23)18(24)13-17(19(25)26)15-31(28,29)14-16-7-5-4-6-8-16/h4-8,17H,9-15H2,1-3H3,(H,25,26)/t17-/m0/s1. The number of piperazine rings is 1. The lowest BCUT2D eigenvalue weighted by atomic mass is 10.1. The van der Waals surface area contributed by atoms with Crippen LogP contribution in [0.25, 0.3) is 0 Å². The minimum absolute atomic E-state index is 0.237. The molecule has 2 amide bonds. The fourth-order valence-corrected chi connectivity index (χ4v) is 4.91. The summed E-state index contributed by atoms with van der Waals surface area (Å²) in [7, 11) is -3.71. The first-order chi connectivity index (χ1) is 14.4. The lowest BCUT2D eigenvalue weighted by Crippen LogP contribution is -2.52. The van der Waals surface area contributed by atoms with Crippen LogP contribution in [-0.4, -0.2) is 78.8 Å². The Hall–Kier alpha value is -2.62. The molecular formula is C21H30N2O7S. The van der Waals surface area contributed by atoms with E-state index in [9.17, 15) is 27.9 Å². The quantitative estimate of drug-likeness (QED) is 0.666. The highest BCUT2D eigenvalue weighted by molar-refractivity contribution is 7.90. The summed E-state index contributed by atoms with van der Waals surface area (Å²) in [6, 6.07) is 8.49. The summed E-state index contributed by atoms with van der Waals surface area (Å²) in [6.45, 7) is 6.31. The molecule has 1 atom stereocenters. The molecule has 31 heavy (non-hydrogen) atoms. The number of carbonyl (C=O) groups is 3. The minimum Gasteiger partial charge on any atom is -0.481 e. The number of carbonyl (C=O) groups excluding carboxylic acids is 2. The van der Waals surface area contributed by atoms with Gasteiger partial charge in [-0.05, 0) is 26.3 Å². The number of aliphatic carboxylic acids is 1. The van der Waals surface area contributed by atoms with Crippen molar-refractivity contribution in [1.29, 1.82) is 0 Å². The predicted molar refractivity (Wildman–Crippen MR) is 114 cm³/mol. The highest BCUT2D eigenvalue weighted by atomic mass is 32.2. The molecule has 172 valence electrons. The van der Waals surface area contributed by atoms with E-state index >= 15 is 0 Å². The van der Waals surface area contributed by atoms with Crippen molar-refractivity contribution in [1.82, 2.24) is 9.80 Å². The monoisotopic (exact) mass is 454 g/mol. The third-order valence-electron chi connectivity index (χ3n) is 4.74. The number of rotatable bonds is 7. The topological polar surface area (TPSA) is 121 Å². The molecule has 1 heterocycles. The van der Waals surface area contributed by atoms with Gasteiger partial charge >= 0.3 is 12.1 Å². The van der Waals surface area contributed by atoms with Gasteiger partial charge in [0.25, 0.3) is 0 Å². The highest BCUT2D eigenvalue weighted by Crippen LogP contribution is 2.17. The van der Waals surface area contributed by atoms with Crippen LogP contribution in [0.2, 0.25) is 0 Å². The van der Waals surface area contributed by atoms with Crippen molar-refractivity contribution >= 4 is 27.8 Å². The number of hydrogen-bond acceptors (Lipinski definition) is 6. The van der Waals surface area contributed by atoms with Crippen molar-refractivity contribution in [3.8, 4) is 0 Å². The van der Waals surface area contributed by atoms with Crippen molar-refractivity contribution in [2.75, 3.05) is 31.9 Å². The van der Waals surface area contributed by atoms with E-state index in [0.29, 0.717) is 5.56 Å². The number of sulfone groups is 1. The minimum atomic E-state index is -3.71. The summed E-state index contributed by atoms with van der Waals surface area (Å²) >= 11 is 0. The zero-order chi connectivity index (χ0) is 23.2. The van der Waals surface area contributed by atoms with Gasteiger partial charge in [-0.25, -0.2) is 13.2 Å². The second-order valence-electron chi connectivity index (χ2n) is 8.63. The maximum Gasteiger partial charge on any atom is 0.410 e. The van der Waals surface area contributed by atoms with Gasteiger partial charge in [0, 0.05) is 32.6 Å². The molecule has 0 radical (unpaired) electrons. The van der Waals surface area contributed by atoms with E-state index in [2.05, 4.69) is 0 Å². The molecule has 0 saturated carbocycles. The maximum atomic E-state index is 12.6. The van der Waals surface area contributed by atoms with E-state index < -0.39 is 51.5 Å². The Morgan fingerprint density at radius 2 is 1.58 bits per heavy atom. The highest BCUT2D eigenvalue weighted by Gasteiger charge is 2.32. The first kappa shape index (κ1) is 24.6. The average molecular weight is 455 g/mol. The Labute approximate surface area is 182 Å². The van der Waals surface area contributed by atoms with Crippen LogP contribution in [-0.2, 0) is 29.9 Å². The fourth-order valence-electron chi connectivity index (χ4n) is 3.22. The molecule has 1 aromatic rings. The third kappa shape index (κ3) is 8.20. The summed E-state index contributed by atoms with van der Waals surface area (Å²) in [4.78, 5) is 39.3. The molecule has 1 saturated heterocycles. The van der Waals surface area contributed by atoms with Crippen LogP contribution >= 0.6 is 0 Å². The van der Waals surface area contributed by atoms with Gasteiger partial charge < -0.3 is 19.6 Å². The first-order valence-electron chi connectivity index (χ1n) is 10.1. The largest absolute Gasteiger partial charge is 0.481 e. The number of benzene rings is 1. The number of carboxylic acids is 1. The van der Waals surface area contributed by atoms with Crippen molar-refractivity contribution < 1.29 is 32.6 Å². The molecule has 2 rings (SSSR count). The van der Waals surface area contributed by atoms with E-state index in [1.54, 1.807) is 51.1 Å². The van der Waals surface area contributed by atoms with Crippen LogP contribution in [0.1, 0.15) is 32.8 Å². The zero-order valence-electron chi connectivity index (χ0n) is 18.1. The number of hydrogen-bond donors (Lipinski definition) is 1.